The van der Waals surface area contributed by atoms with E-state index >= 15 is 0 Å². The lowest BCUT2D eigenvalue weighted by molar-refractivity contribution is -0.118. The predicted octanol–water partition coefficient (Wildman–Crippen LogP) is 2.65. The summed E-state index contributed by atoms with van der Waals surface area (Å²) in [7, 11) is 3.29. The number of ether oxygens (including phenoxy) is 2. The highest BCUT2D eigenvalue weighted by atomic mass is 16.5. The number of rotatable bonds is 6. The third kappa shape index (κ3) is 3.51. The summed E-state index contributed by atoms with van der Waals surface area (Å²) >= 11 is 0. The number of Topliss-reactive ketones (excluding diaryl/α,β-unsaturated/α-hetero) is 1. The van der Waals surface area contributed by atoms with Crippen molar-refractivity contribution >= 4 is 5.78 Å². The van der Waals surface area contributed by atoms with Gasteiger partial charge in [0.05, 0.1) is 14.2 Å². The quantitative estimate of drug-likeness (QED) is 0.801. The first-order chi connectivity index (χ1) is 9.63. The molecule has 1 atom stereocenters. The maximum absolute atomic E-state index is 11.3. The maximum Gasteiger partial charge on any atom is 0.161 e. The minimum atomic E-state index is 0.272. The van der Waals surface area contributed by atoms with Gasteiger partial charge in [-0.2, -0.15) is 0 Å². The van der Waals surface area contributed by atoms with Crippen molar-refractivity contribution in [2.24, 2.45) is 0 Å². The highest BCUT2D eigenvalue weighted by Crippen LogP contribution is 2.29. The molecule has 0 spiro atoms. The van der Waals surface area contributed by atoms with E-state index in [4.69, 9.17) is 9.47 Å². The zero-order valence-corrected chi connectivity index (χ0v) is 12.5. The molecule has 2 rings (SSSR count). The Morgan fingerprint density at radius 1 is 1.30 bits per heavy atom. The third-order valence-electron chi connectivity index (χ3n) is 3.86. The molecule has 1 aromatic rings. The van der Waals surface area contributed by atoms with Crippen LogP contribution in [0.15, 0.2) is 18.2 Å². The van der Waals surface area contributed by atoms with E-state index in [2.05, 4.69) is 11.0 Å². The standard InChI is InChI=1S/C16H23NO3/c1-12(18)9-14-5-4-8-17(14)11-13-6-7-15(19-2)16(10-13)20-3/h6-7,10,14H,4-5,8-9,11H2,1-3H3. The number of hydrogen-bond acceptors (Lipinski definition) is 4. The smallest absolute Gasteiger partial charge is 0.161 e. The fraction of sp³-hybridized carbons (Fsp3) is 0.562. The highest BCUT2D eigenvalue weighted by Gasteiger charge is 2.25. The van der Waals surface area contributed by atoms with Crippen molar-refractivity contribution in [1.29, 1.82) is 0 Å². The van der Waals surface area contributed by atoms with Gasteiger partial charge in [-0.3, -0.25) is 9.69 Å². The fourth-order valence-corrected chi connectivity index (χ4v) is 2.88. The second-order valence-corrected chi connectivity index (χ2v) is 5.36. The Morgan fingerprint density at radius 3 is 2.70 bits per heavy atom. The van der Waals surface area contributed by atoms with Crippen LogP contribution in [0.2, 0.25) is 0 Å². The topological polar surface area (TPSA) is 38.8 Å². The Labute approximate surface area is 120 Å². The molecule has 1 aliphatic rings. The molecule has 0 amide bonds. The summed E-state index contributed by atoms with van der Waals surface area (Å²) in [4.78, 5) is 13.7. The number of carbonyl (C=O) groups excluding carboxylic acids is 1. The number of hydrogen-bond donors (Lipinski definition) is 0. The zero-order valence-electron chi connectivity index (χ0n) is 12.5. The Bertz CT molecular complexity index is 473. The molecule has 1 aromatic carbocycles. The molecule has 1 saturated heterocycles. The summed E-state index contributed by atoms with van der Waals surface area (Å²) in [6, 6.07) is 6.40. The molecular weight excluding hydrogens is 254 g/mol. The molecule has 1 unspecified atom stereocenters. The number of benzene rings is 1. The van der Waals surface area contributed by atoms with Gasteiger partial charge in [-0.1, -0.05) is 6.07 Å². The van der Waals surface area contributed by atoms with Crippen LogP contribution in [-0.4, -0.2) is 37.5 Å². The molecule has 0 N–H and O–H groups in total. The molecule has 4 nitrogen and oxygen atoms in total. The first-order valence-electron chi connectivity index (χ1n) is 7.08. The lowest BCUT2D eigenvalue weighted by Gasteiger charge is -2.24. The first-order valence-corrected chi connectivity index (χ1v) is 7.08. The average molecular weight is 277 g/mol. The van der Waals surface area contributed by atoms with Gasteiger partial charge >= 0.3 is 0 Å². The van der Waals surface area contributed by atoms with Gasteiger partial charge < -0.3 is 9.47 Å². The van der Waals surface area contributed by atoms with Crippen LogP contribution >= 0.6 is 0 Å². The molecule has 20 heavy (non-hydrogen) atoms. The van der Waals surface area contributed by atoms with Gasteiger partial charge in [0.1, 0.15) is 5.78 Å². The van der Waals surface area contributed by atoms with Gasteiger partial charge in [-0.15, -0.1) is 0 Å². The Morgan fingerprint density at radius 2 is 2.05 bits per heavy atom. The number of likely N-dealkylation sites (tertiary alicyclic amines) is 1. The molecule has 1 heterocycles. The average Bonchev–Trinajstić information content (AvgIpc) is 2.85. The van der Waals surface area contributed by atoms with Crippen molar-refractivity contribution in [3.63, 3.8) is 0 Å². The van der Waals surface area contributed by atoms with Crippen molar-refractivity contribution in [2.75, 3.05) is 20.8 Å². The van der Waals surface area contributed by atoms with Crippen molar-refractivity contribution in [3.05, 3.63) is 23.8 Å². The maximum atomic E-state index is 11.3. The summed E-state index contributed by atoms with van der Waals surface area (Å²) in [5.41, 5.74) is 1.19. The monoisotopic (exact) mass is 277 g/mol. The highest BCUT2D eigenvalue weighted by molar-refractivity contribution is 5.76. The summed E-state index contributed by atoms with van der Waals surface area (Å²) < 4.78 is 10.6. The van der Waals surface area contributed by atoms with Crippen LogP contribution < -0.4 is 9.47 Å². The Balaban J connectivity index is 2.07. The van der Waals surface area contributed by atoms with E-state index in [1.54, 1.807) is 21.1 Å². The van der Waals surface area contributed by atoms with E-state index < -0.39 is 0 Å². The van der Waals surface area contributed by atoms with Crippen LogP contribution in [0, 0.1) is 0 Å². The Kier molecular flexibility index (Phi) is 5.01. The molecule has 110 valence electrons. The van der Waals surface area contributed by atoms with E-state index in [-0.39, 0.29) is 5.78 Å². The van der Waals surface area contributed by atoms with Crippen molar-refractivity contribution in [3.8, 4) is 11.5 Å². The van der Waals surface area contributed by atoms with Gasteiger partial charge in [0, 0.05) is 19.0 Å². The van der Waals surface area contributed by atoms with Gasteiger partial charge in [0.25, 0.3) is 0 Å². The van der Waals surface area contributed by atoms with Crippen molar-refractivity contribution < 1.29 is 14.3 Å². The first kappa shape index (κ1) is 14.9. The molecule has 0 radical (unpaired) electrons. The molecule has 0 bridgehead atoms. The number of methoxy groups -OCH3 is 2. The van der Waals surface area contributed by atoms with Gasteiger partial charge in [0.2, 0.25) is 0 Å². The summed E-state index contributed by atoms with van der Waals surface area (Å²) in [6.45, 7) is 3.59. The van der Waals surface area contributed by atoms with Gasteiger partial charge in [-0.05, 0) is 44.0 Å². The van der Waals surface area contributed by atoms with Crippen molar-refractivity contribution in [1.82, 2.24) is 4.90 Å². The Hall–Kier alpha value is -1.55. The van der Waals surface area contributed by atoms with Crippen LogP contribution in [0.5, 0.6) is 11.5 Å². The van der Waals surface area contributed by atoms with Crippen LogP contribution in [0.4, 0.5) is 0 Å². The molecular formula is C16H23NO3. The second-order valence-electron chi connectivity index (χ2n) is 5.36. The molecule has 1 fully saturated rings. The lowest BCUT2D eigenvalue weighted by atomic mass is 10.1. The minimum absolute atomic E-state index is 0.272. The minimum Gasteiger partial charge on any atom is -0.493 e. The molecule has 0 aliphatic carbocycles. The lowest BCUT2D eigenvalue weighted by Crippen LogP contribution is -2.30. The van der Waals surface area contributed by atoms with E-state index in [1.165, 1.54) is 12.0 Å². The van der Waals surface area contributed by atoms with Crippen LogP contribution in [0.1, 0.15) is 31.7 Å². The van der Waals surface area contributed by atoms with Gasteiger partial charge in [0.15, 0.2) is 11.5 Å². The molecule has 0 aromatic heterocycles. The van der Waals surface area contributed by atoms with Crippen LogP contribution in [0.3, 0.4) is 0 Å². The number of carbonyl (C=O) groups is 1. The number of nitrogens with zero attached hydrogens (tertiary/aromatic N) is 1. The van der Waals surface area contributed by atoms with Crippen LogP contribution in [-0.2, 0) is 11.3 Å². The van der Waals surface area contributed by atoms with Gasteiger partial charge in [-0.25, -0.2) is 0 Å². The summed E-state index contributed by atoms with van der Waals surface area (Å²) in [5.74, 6) is 1.78. The third-order valence-corrected chi connectivity index (χ3v) is 3.86. The molecule has 4 heteroatoms. The summed E-state index contributed by atoms with van der Waals surface area (Å²) in [5, 5.41) is 0. The SMILES string of the molecule is COc1ccc(CN2CCCC2CC(C)=O)cc1OC. The summed E-state index contributed by atoms with van der Waals surface area (Å²) in [6.07, 6.45) is 2.95. The second kappa shape index (κ2) is 6.75. The molecule has 1 aliphatic heterocycles. The van der Waals surface area contributed by atoms with E-state index in [0.717, 1.165) is 31.0 Å². The largest absolute Gasteiger partial charge is 0.493 e. The van der Waals surface area contributed by atoms with E-state index in [1.807, 2.05) is 12.1 Å². The fourth-order valence-electron chi connectivity index (χ4n) is 2.88. The molecule has 0 saturated carbocycles. The van der Waals surface area contributed by atoms with E-state index in [9.17, 15) is 4.79 Å². The normalized spacial score (nSPS) is 19.1. The number of ketones is 1. The zero-order chi connectivity index (χ0) is 14.5. The van der Waals surface area contributed by atoms with Crippen molar-refractivity contribution in [2.45, 2.75) is 38.8 Å². The van der Waals surface area contributed by atoms with Crippen LogP contribution in [0.25, 0.3) is 0 Å². The van der Waals surface area contributed by atoms with E-state index in [0.29, 0.717) is 12.5 Å². The predicted molar refractivity (Wildman–Crippen MR) is 78.3 cm³/mol.